The van der Waals surface area contributed by atoms with E-state index in [1.165, 1.54) is 11.1 Å². The van der Waals surface area contributed by atoms with Crippen molar-refractivity contribution >= 4 is 5.91 Å². The predicted molar refractivity (Wildman–Crippen MR) is 66.7 cm³/mol. The zero-order chi connectivity index (χ0) is 12.4. The van der Waals surface area contributed by atoms with Crippen LogP contribution in [0.15, 0.2) is 24.3 Å². The summed E-state index contributed by atoms with van der Waals surface area (Å²) < 4.78 is 0. The van der Waals surface area contributed by atoms with Gasteiger partial charge in [0.2, 0.25) is 5.91 Å². The zero-order valence-corrected chi connectivity index (χ0v) is 10.4. The molecule has 92 valence electrons. The fourth-order valence-electron chi connectivity index (χ4n) is 2.38. The van der Waals surface area contributed by atoms with Gasteiger partial charge < -0.3 is 10.0 Å². The summed E-state index contributed by atoms with van der Waals surface area (Å²) in [6.07, 6.45) is 1.51. The minimum absolute atomic E-state index is 0.0554. The fraction of sp³-hybridized carbons (Fsp3) is 0.500. The van der Waals surface area contributed by atoms with Gasteiger partial charge in [0, 0.05) is 20.5 Å². The number of carbonyl (C=O) groups is 1. The SMILES string of the molecule is CN(C)C(=O)C[C@@H]1Cc2ccccc2C[C@H]1O. The topological polar surface area (TPSA) is 40.5 Å². The first kappa shape index (κ1) is 12.1. The fourth-order valence-corrected chi connectivity index (χ4v) is 2.38. The number of rotatable bonds is 2. The minimum Gasteiger partial charge on any atom is -0.392 e. The normalized spacial score (nSPS) is 23.0. The summed E-state index contributed by atoms with van der Waals surface area (Å²) in [5, 5.41) is 10.1. The molecular formula is C14H19NO2. The maximum Gasteiger partial charge on any atom is 0.222 e. The third-order valence-electron chi connectivity index (χ3n) is 3.51. The van der Waals surface area contributed by atoms with Crippen LogP contribution in [0.5, 0.6) is 0 Å². The number of hydrogen-bond donors (Lipinski definition) is 1. The van der Waals surface area contributed by atoms with E-state index in [0.29, 0.717) is 12.8 Å². The van der Waals surface area contributed by atoms with Gasteiger partial charge >= 0.3 is 0 Å². The molecule has 0 bridgehead atoms. The van der Waals surface area contributed by atoms with Crippen LogP contribution >= 0.6 is 0 Å². The van der Waals surface area contributed by atoms with Crippen molar-refractivity contribution in [1.29, 1.82) is 0 Å². The molecule has 0 aliphatic heterocycles. The van der Waals surface area contributed by atoms with Crippen LogP contribution in [0.3, 0.4) is 0 Å². The summed E-state index contributed by atoms with van der Waals surface area (Å²) in [6.45, 7) is 0. The first-order valence-corrected chi connectivity index (χ1v) is 6.03. The number of amides is 1. The standard InChI is InChI=1S/C14H19NO2/c1-15(2)14(17)9-12-7-10-5-3-4-6-11(10)8-13(12)16/h3-6,12-13,16H,7-9H2,1-2H3/t12-,13+/m0/s1. The van der Waals surface area contributed by atoms with E-state index in [4.69, 9.17) is 0 Å². The van der Waals surface area contributed by atoms with Crippen LogP contribution in [0.1, 0.15) is 17.5 Å². The molecule has 2 atom stereocenters. The molecular weight excluding hydrogens is 214 g/mol. The van der Waals surface area contributed by atoms with Crippen LogP contribution in [-0.4, -0.2) is 36.1 Å². The average Bonchev–Trinajstić information content (AvgIpc) is 2.29. The molecule has 0 unspecified atom stereocenters. The number of aliphatic hydroxyl groups is 1. The molecule has 1 N–H and O–H groups in total. The largest absolute Gasteiger partial charge is 0.392 e. The first-order valence-electron chi connectivity index (χ1n) is 6.03. The third kappa shape index (κ3) is 2.67. The Labute approximate surface area is 102 Å². The zero-order valence-electron chi connectivity index (χ0n) is 10.4. The van der Waals surface area contributed by atoms with Crippen LogP contribution < -0.4 is 0 Å². The number of fused-ring (bicyclic) bond motifs is 1. The van der Waals surface area contributed by atoms with E-state index < -0.39 is 6.10 Å². The highest BCUT2D eigenvalue weighted by atomic mass is 16.3. The quantitative estimate of drug-likeness (QED) is 0.835. The predicted octanol–water partition coefficient (Wildman–Crippen LogP) is 1.24. The highest BCUT2D eigenvalue weighted by molar-refractivity contribution is 5.76. The smallest absolute Gasteiger partial charge is 0.222 e. The number of benzene rings is 1. The second kappa shape index (κ2) is 4.88. The van der Waals surface area contributed by atoms with E-state index in [1.54, 1.807) is 19.0 Å². The molecule has 17 heavy (non-hydrogen) atoms. The summed E-state index contributed by atoms with van der Waals surface area (Å²) in [5.74, 6) is 0.147. The molecule has 1 aliphatic carbocycles. The lowest BCUT2D eigenvalue weighted by Gasteiger charge is -2.30. The number of hydrogen-bond acceptors (Lipinski definition) is 2. The maximum atomic E-state index is 11.7. The van der Waals surface area contributed by atoms with Gasteiger partial charge in [0.05, 0.1) is 6.10 Å². The van der Waals surface area contributed by atoms with Crippen molar-refractivity contribution in [2.45, 2.75) is 25.4 Å². The van der Waals surface area contributed by atoms with Gasteiger partial charge in [-0.3, -0.25) is 4.79 Å². The van der Waals surface area contributed by atoms with E-state index >= 15 is 0 Å². The highest BCUT2D eigenvalue weighted by Gasteiger charge is 2.28. The van der Waals surface area contributed by atoms with Gasteiger partial charge in [0.15, 0.2) is 0 Å². The molecule has 1 amide bonds. The molecule has 0 heterocycles. The van der Waals surface area contributed by atoms with Crippen LogP contribution in [0.25, 0.3) is 0 Å². The summed E-state index contributed by atoms with van der Waals surface area (Å²) in [6, 6.07) is 8.16. The van der Waals surface area contributed by atoms with Crippen molar-refractivity contribution < 1.29 is 9.90 Å². The first-order chi connectivity index (χ1) is 8.08. The molecule has 2 rings (SSSR count). The molecule has 1 aliphatic rings. The lowest BCUT2D eigenvalue weighted by atomic mass is 9.80. The van der Waals surface area contributed by atoms with Gasteiger partial charge in [-0.1, -0.05) is 24.3 Å². The van der Waals surface area contributed by atoms with Gasteiger partial charge in [0.25, 0.3) is 0 Å². The molecule has 0 saturated carbocycles. The Balaban J connectivity index is 2.10. The van der Waals surface area contributed by atoms with Crippen LogP contribution in [0.2, 0.25) is 0 Å². The van der Waals surface area contributed by atoms with Gasteiger partial charge in [-0.25, -0.2) is 0 Å². The summed E-state index contributed by atoms with van der Waals surface area (Å²) in [5.41, 5.74) is 2.49. The molecule has 0 radical (unpaired) electrons. The summed E-state index contributed by atoms with van der Waals surface area (Å²) >= 11 is 0. The van der Waals surface area contributed by atoms with Gasteiger partial charge in [-0.05, 0) is 29.9 Å². The van der Waals surface area contributed by atoms with Crippen molar-refractivity contribution in [2.24, 2.45) is 5.92 Å². The van der Waals surface area contributed by atoms with E-state index in [0.717, 1.165) is 6.42 Å². The molecule has 0 saturated heterocycles. The lowest BCUT2D eigenvalue weighted by molar-refractivity contribution is -0.130. The van der Waals surface area contributed by atoms with E-state index in [-0.39, 0.29) is 11.8 Å². The molecule has 3 nitrogen and oxygen atoms in total. The number of nitrogens with zero attached hydrogens (tertiary/aromatic N) is 1. The van der Waals surface area contributed by atoms with E-state index in [1.807, 2.05) is 12.1 Å². The molecule has 3 heteroatoms. The second-order valence-electron chi connectivity index (χ2n) is 5.00. The Morgan fingerprint density at radius 1 is 1.29 bits per heavy atom. The van der Waals surface area contributed by atoms with Crippen molar-refractivity contribution in [1.82, 2.24) is 4.90 Å². The van der Waals surface area contributed by atoms with Gasteiger partial charge in [-0.2, -0.15) is 0 Å². The minimum atomic E-state index is -0.395. The van der Waals surface area contributed by atoms with E-state index in [9.17, 15) is 9.90 Å². The van der Waals surface area contributed by atoms with Crippen molar-refractivity contribution in [3.05, 3.63) is 35.4 Å². The monoisotopic (exact) mass is 233 g/mol. The summed E-state index contributed by atoms with van der Waals surface area (Å²) in [7, 11) is 3.51. The Bertz CT molecular complexity index is 414. The lowest BCUT2D eigenvalue weighted by Crippen LogP contribution is -2.34. The highest BCUT2D eigenvalue weighted by Crippen LogP contribution is 2.28. The molecule has 0 aromatic heterocycles. The molecule has 0 fully saturated rings. The maximum absolute atomic E-state index is 11.7. The molecule has 0 spiro atoms. The number of aliphatic hydroxyl groups excluding tert-OH is 1. The van der Waals surface area contributed by atoms with Crippen molar-refractivity contribution in [3.8, 4) is 0 Å². The molecule has 1 aromatic rings. The Kier molecular flexibility index (Phi) is 3.48. The Morgan fingerprint density at radius 2 is 1.88 bits per heavy atom. The van der Waals surface area contributed by atoms with Crippen LogP contribution in [0.4, 0.5) is 0 Å². The summed E-state index contributed by atoms with van der Waals surface area (Å²) in [4.78, 5) is 13.3. The van der Waals surface area contributed by atoms with Crippen molar-refractivity contribution in [3.63, 3.8) is 0 Å². The van der Waals surface area contributed by atoms with Gasteiger partial charge in [0.1, 0.15) is 0 Å². The van der Waals surface area contributed by atoms with Crippen LogP contribution in [-0.2, 0) is 17.6 Å². The average molecular weight is 233 g/mol. The van der Waals surface area contributed by atoms with Crippen LogP contribution in [0, 0.1) is 5.92 Å². The molecule has 1 aromatic carbocycles. The Hall–Kier alpha value is -1.35. The van der Waals surface area contributed by atoms with Crippen molar-refractivity contribution in [2.75, 3.05) is 14.1 Å². The van der Waals surface area contributed by atoms with E-state index in [2.05, 4.69) is 12.1 Å². The second-order valence-corrected chi connectivity index (χ2v) is 5.00. The third-order valence-corrected chi connectivity index (χ3v) is 3.51. The van der Waals surface area contributed by atoms with Gasteiger partial charge in [-0.15, -0.1) is 0 Å². The number of carbonyl (C=O) groups excluding carboxylic acids is 1. The Morgan fingerprint density at radius 3 is 2.47 bits per heavy atom.